The van der Waals surface area contributed by atoms with Crippen LogP contribution in [0.15, 0.2) is 53.4 Å². The summed E-state index contributed by atoms with van der Waals surface area (Å²) in [6.45, 7) is 0.320. The van der Waals surface area contributed by atoms with E-state index in [-0.39, 0.29) is 18.0 Å². The van der Waals surface area contributed by atoms with Crippen molar-refractivity contribution >= 4 is 21.4 Å². The van der Waals surface area contributed by atoms with E-state index in [9.17, 15) is 13.5 Å². The van der Waals surface area contributed by atoms with Crippen molar-refractivity contribution in [1.29, 1.82) is 0 Å². The maximum absolute atomic E-state index is 12.9. The van der Waals surface area contributed by atoms with Crippen molar-refractivity contribution in [2.45, 2.75) is 17.4 Å². The fourth-order valence-electron chi connectivity index (χ4n) is 2.73. The number of nitrogens with zero attached hydrogens (tertiary/aromatic N) is 1. The third-order valence-corrected chi connectivity index (χ3v) is 5.87. The number of benzene rings is 2. The normalized spacial score (nSPS) is 15.2. The predicted molar refractivity (Wildman–Crippen MR) is 92.7 cm³/mol. The van der Waals surface area contributed by atoms with E-state index in [1.165, 1.54) is 4.31 Å². The second-order valence-electron chi connectivity index (χ2n) is 5.70. The summed E-state index contributed by atoms with van der Waals surface area (Å²) in [5.74, 6) is 0. The number of para-hydroxylation sites is 1. The van der Waals surface area contributed by atoms with Crippen LogP contribution in [0.1, 0.15) is 5.56 Å². The third kappa shape index (κ3) is 3.24. The fraction of sp³-hybridized carbons (Fsp3) is 0.294. The summed E-state index contributed by atoms with van der Waals surface area (Å²) in [7, 11) is -3.59. The van der Waals surface area contributed by atoms with Crippen LogP contribution in [0.4, 0.5) is 11.4 Å². The summed E-state index contributed by atoms with van der Waals surface area (Å²) in [6.07, 6.45) is -0.136. The van der Waals surface area contributed by atoms with Gasteiger partial charge in [-0.25, -0.2) is 8.42 Å². The molecular weight excluding hydrogens is 328 g/mol. The van der Waals surface area contributed by atoms with Crippen LogP contribution in [0.5, 0.6) is 0 Å². The van der Waals surface area contributed by atoms with E-state index in [1.807, 2.05) is 24.3 Å². The number of fused-ring (bicyclic) bond motifs is 1. The molecule has 1 aliphatic heterocycles. The first kappa shape index (κ1) is 16.8. The van der Waals surface area contributed by atoms with E-state index >= 15 is 0 Å². The molecule has 0 amide bonds. The lowest BCUT2D eigenvalue weighted by Gasteiger charge is -2.20. The van der Waals surface area contributed by atoms with Crippen LogP contribution < -0.4 is 9.62 Å². The molecule has 3 rings (SSSR count). The molecule has 0 saturated carbocycles. The van der Waals surface area contributed by atoms with Crippen molar-refractivity contribution in [3.8, 4) is 0 Å². The molecule has 0 radical (unpaired) electrons. The van der Waals surface area contributed by atoms with Gasteiger partial charge < -0.3 is 15.5 Å². The van der Waals surface area contributed by atoms with Gasteiger partial charge >= 0.3 is 0 Å². The van der Waals surface area contributed by atoms with Crippen LogP contribution in [-0.2, 0) is 16.4 Å². The second kappa shape index (κ2) is 6.80. The first-order valence-corrected chi connectivity index (χ1v) is 9.20. The van der Waals surface area contributed by atoms with E-state index in [4.69, 9.17) is 5.11 Å². The average Bonchev–Trinajstić information content (AvgIpc) is 3.05. The summed E-state index contributed by atoms with van der Waals surface area (Å²) in [5, 5.41) is 21.1. The molecule has 0 fully saturated rings. The highest BCUT2D eigenvalue weighted by Gasteiger charge is 2.30. The molecule has 0 spiro atoms. The van der Waals surface area contributed by atoms with Crippen LogP contribution in [0, 0.1) is 0 Å². The van der Waals surface area contributed by atoms with Gasteiger partial charge in [-0.05, 0) is 42.3 Å². The van der Waals surface area contributed by atoms with Crippen molar-refractivity contribution in [3.05, 3.63) is 54.1 Å². The summed E-state index contributed by atoms with van der Waals surface area (Å²) in [6, 6.07) is 13.9. The fourth-order valence-corrected chi connectivity index (χ4v) is 4.23. The molecule has 0 bridgehead atoms. The van der Waals surface area contributed by atoms with E-state index in [1.54, 1.807) is 24.3 Å². The zero-order valence-corrected chi connectivity index (χ0v) is 13.9. The Labute approximate surface area is 141 Å². The summed E-state index contributed by atoms with van der Waals surface area (Å²) >= 11 is 0. The summed E-state index contributed by atoms with van der Waals surface area (Å²) in [5.41, 5.74) is 2.46. The van der Waals surface area contributed by atoms with E-state index in [0.29, 0.717) is 18.7 Å². The Bertz CT molecular complexity index is 806. The summed E-state index contributed by atoms with van der Waals surface area (Å²) < 4.78 is 27.2. The minimum Gasteiger partial charge on any atom is -0.394 e. The first-order valence-electron chi connectivity index (χ1n) is 7.76. The topological polar surface area (TPSA) is 89.9 Å². The highest BCUT2D eigenvalue weighted by atomic mass is 32.2. The molecule has 0 aromatic heterocycles. The van der Waals surface area contributed by atoms with E-state index in [0.717, 1.165) is 11.3 Å². The molecule has 128 valence electrons. The average molecular weight is 348 g/mol. The molecule has 24 heavy (non-hydrogen) atoms. The standard InChI is InChI=1S/C17H20N2O4S/c20-12-15(21)11-18-14-5-7-16(8-6-14)24(22,23)19-10-9-13-3-1-2-4-17(13)19/h1-8,15,18,20-21H,9-12H2. The number of hydrogen-bond acceptors (Lipinski definition) is 5. The van der Waals surface area contributed by atoms with Crippen molar-refractivity contribution in [2.75, 3.05) is 29.3 Å². The number of sulfonamides is 1. The molecule has 0 aliphatic carbocycles. The Balaban J connectivity index is 1.79. The monoisotopic (exact) mass is 348 g/mol. The maximum atomic E-state index is 12.9. The van der Waals surface area contributed by atoms with Gasteiger partial charge in [0.15, 0.2) is 0 Å². The van der Waals surface area contributed by atoms with Crippen molar-refractivity contribution < 1.29 is 18.6 Å². The van der Waals surface area contributed by atoms with Crippen molar-refractivity contribution in [1.82, 2.24) is 0 Å². The highest BCUT2D eigenvalue weighted by Crippen LogP contribution is 2.32. The number of rotatable bonds is 6. The minimum absolute atomic E-state index is 0.197. The van der Waals surface area contributed by atoms with Crippen LogP contribution >= 0.6 is 0 Å². The Morgan fingerprint density at radius 2 is 1.83 bits per heavy atom. The molecule has 6 nitrogen and oxygen atoms in total. The summed E-state index contributed by atoms with van der Waals surface area (Å²) in [4.78, 5) is 0.229. The van der Waals surface area contributed by atoms with Crippen LogP contribution in [0.25, 0.3) is 0 Å². The lowest BCUT2D eigenvalue weighted by Crippen LogP contribution is -2.29. The third-order valence-electron chi connectivity index (χ3n) is 4.04. The zero-order chi connectivity index (χ0) is 17.2. The number of hydrogen-bond donors (Lipinski definition) is 3. The van der Waals surface area contributed by atoms with E-state index in [2.05, 4.69) is 5.32 Å². The molecule has 1 atom stereocenters. The van der Waals surface area contributed by atoms with E-state index < -0.39 is 16.1 Å². The van der Waals surface area contributed by atoms with Gasteiger partial charge in [-0.15, -0.1) is 0 Å². The van der Waals surface area contributed by atoms with Gasteiger partial charge in [0.05, 0.1) is 23.3 Å². The van der Waals surface area contributed by atoms with Crippen LogP contribution in [0.3, 0.4) is 0 Å². The molecule has 0 saturated heterocycles. The lowest BCUT2D eigenvalue weighted by molar-refractivity contribution is 0.105. The first-order chi connectivity index (χ1) is 11.5. The largest absolute Gasteiger partial charge is 0.394 e. The number of anilines is 2. The molecule has 1 unspecified atom stereocenters. The van der Waals surface area contributed by atoms with Gasteiger partial charge in [0, 0.05) is 18.8 Å². The molecule has 1 aliphatic rings. The smallest absolute Gasteiger partial charge is 0.264 e. The van der Waals surface area contributed by atoms with Crippen molar-refractivity contribution in [2.24, 2.45) is 0 Å². The second-order valence-corrected chi connectivity index (χ2v) is 7.56. The van der Waals surface area contributed by atoms with Gasteiger partial charge in [-0.2, -0.15) is 0 Å². The van der Waals surface area contributed by atoms with Gasteiger partial charge in [-0.3, -0.25) is 4.31 Å². The highest BCUT2D eigenvalue weighted by molar-refractivity contribution is 7.92. The molecule has 1 heterocycles. The van der Waals surface area contributed by atoms with Gasteiger partial charge in [0.1, 0.15) is 0 Å². The predicted octanol–water partition coefficient (Wildman–Crippen LogP) is 1.20. The van der Waals surface area contributed by atoms with Crippen LogP contribution in [0.2, 0.25) is 0 Å². The molecule has 2 aromatic carbocycles. The SMILES string of the molecule is O=S(=O)(c1ccc(NCC(O)CO)cc1)N1CCc2ccccc21. The number of aliphatic hydroxyl groups excluding tert-OH is 2. The maximum Gasteiger partial charge on any atom is 0.264 e. The Hall–Kier alpha value is -2.09. The number of aliphatic hydroxyl groups is 2. The Kier molecular flexibility index (Phi) is 4.75. The van der Waals surface area contributed by atoms with Crippen LogP contribution in [-0.4, -0.2) is 44.4 Å². The molecule has 7 heteroatoms. The molecular formula is C17H20N2O4S. The van der Waals surface area contributed by atoms with Gasteiger partial charge in [-0.1, -0.05) is 18.2 Å². The Morgan fingerprint density at radius 1 is 1.12 bits per heavy atom. The lowest BCUT2D eigenvalue weighted by atomic mass is 10.2. The molecule has 2 aromatic rings. The minimum atomic E-state index is -3.59. The molecule has 3 N–H and O–H groups in total. The quantitative estimate of drug-likeness (QED) is 0.730. The number of nitrogens with one attached hydrogen (secondary N) is 1. The van der Waals surface area contributed by atoms with Crippen molar-refractivity contribution in [3.63, 3.8) is 0 Å². The van der Waals surface area contributed by atoms with Gasteiger partial charge in [0.25, 0.3) is 10.0 Å². The Morgan fingerprint density at radius 3 is 2.54 bits per heavy atom. The van der Waals surface area contributed by atoms with Gasteiger partial charge in [0.2, 0.25) is 0 Å². The zero-order valence-electron chi connectivity index (χ0n) is 13.1.